The van der Waals surface area contributed by atoms with Crippen molar-refractivity contribution in [1.29, 1.82) is 0 Å². The van der Waals surface area contributed by atoms with Crippen LogP contribution in [0.2, 0.25) is 0 Å². The van der Waals surface area contributed by atoms with Gasteiger partial charge in [0.1, 0.15) is 12.4 Å². The molecule has 0 radical (unpaired) electrons. The number of rotatable bonds is 7. The average molecular weight is 427 g/mol. The van der Waals surface area contributed by atoms with Gasteiger partial charge in [0.05, 0.1) is 12.3 Å². The molecule has 1 aliphatic heterocycles. The summed E-state index contributed by atoms with van der Waals surface area (Å²) in [7, 11) is 1.93. The Labute approximate surface area is 180 Å². The van der Waals surface area contributed by atoms with Crippen molar-refractivity contribution in [2.24, 2.45) is 7.05 Å². The molecule has 3 aromatic rings. The molecule has 8 heteroatoms. The van der Waals surface area contributed by atoms with Crippen molar-refractivity contribution in [1.82, 2.24) is 19.3 Å². The molecule has 3 heterocycles. The number of benzene rings is 1. The van der Waals surface area contributed by atoms with E-state index in [1.54, 1.807) is 0 Å². The molecular formula is C22H26N4O3S. The smallest absolute Gasteiger partial charge is 0.191 e. The van der Waals surface area contributed by atoms with E-state index < -0.39 is 0 Å². The molecule has 1 aliphatic rings. The number of fused-ring (bicyclic) bond motifs is 1. The van der Waals surface area contributed by atoms with Crippen LogP contribution in [0.4, 0.5) is 0 Å². The second-order valence-electron chi connectivity index (χ2n) is 7.42. The molecule has 1 aromatic carbocycles. The van der Waals surface area contributed by atoms with Gasteiger partial charge in [-0.15, -0.1) is 10.2 Å². The maximum absolute atomic E-state index is 12.9. The quantitative estimate of drug-likeness (QED) is 0.425. The lowest BCUT2D eigenvalue weighted by Gasteiger charge is -2.27. The van der Waals surface area contributed by atoms with Crippen molar-refractivity contribution in [2.45, 2.75) is 45.0 Å². The summed E-state index contributed by atoms with van der Waals surface area (Å²) >= 11 is 1.42. The van der Waals surface area contributed by atoms with Crippen LogP contribution in [0.5, 0.6) is 11.5 Å². The van der Waals surface area contributed by atoms with Crippen molar-refractivity contribution in [2.75, 3.05) is 12.4 Å². The number of hydrogen-bond donors (Lipinski definition) is 0. The van der Waals surface area contributed by atoms with Gasteiger partial charge in [-0.25, -0.2) is 0 Å². The van der Waals surface area contributed by atoms with Gasteiger partial charge in [0.15, 0.2) is 28.5 Å². The minimum atomic E-state index is -0.104. The average Bonchev–Trinajstić information content (AvgIpc) is 3.25. The SMILES string of the molecule is CCc1nnc(SCC(=O)c2cc(C)n(CC3COc4ccccc4O3)c2C)n1C. The van der Waals surface area contributed by atoms with Crippen molar-refractivity contribution in [3.63, 3.8) is 0 Å². The zero-order valence-electron chi connectivity index (χ0n) is 17.7. The lowest BCUT2D eigenvalue weighted by molar-refractivity contribution is 0.0777. The third kappa shape index (κ3) is 3.96. The number of Topliss-reactive ketones (excluding diaryl/α,β-unsaturated/α-hetero) is 1. The summed E-state index contributed by atoms with van der Waals surface area (Å²) in [4.78, 5) is 12.9. The number of aromatic nitrogens is 4. The van der Waals surface area contributed by atoms with Gasteiger partial charge in [0.25, 0.3) is 0 Å². The second kappa shape index (κ2) is 8.55. The number of ether oxygens (including phenoxy) is 2. The number of ketones is 1. The van der Waals surface area contributed by atoms with Gasteiger partial charge in [-0.05, 0) is 32.0 Å². The highest BCUT2D eigenvalue weighted by Gasteiger charge is 2.24. The topological polar surface area (TPSA) is 71.2 Å². The third-order valence-electron chi connectivity index (χ3n) is 5.40. The van der Waals surface area contributed by atoms with E-state index in [-0.39, 0.29) is 11.9 Å². The number of carbonyl (C=O) groups excluding carboxylic acids is 1. The van der Waals surface area contributed by atoms with Crippen molar-refractivity contribution < 1.29 is 14.3 Å². The number of aryl methyl sites for hydroxylation is 2. The third-order valence-corrected chi connectivity index (χ3v) is 6.42. The largest absolute Gasteiger partial charge is 0.486 e. The second-order valence-corrected chi connectivity index (χ2v) is 8.36. The molecular weight excluding hydrogens is 400 g/mol. The Bertz CT molecular complexity index is 1070. The van der Waals surface area contributed by atoms with Crippen LogP contribution in [0.1, 0.15) is 34.5 Å². The number of nitrogens with zero attached hydrogens (tertiary/aromatic N) is 4. The Hall–Kier alpha value is -2.74. The van der Waals surface area contributed by atoms with Crippen LogP contribution < -0.4 is 9.47 Å². The molecule has 0 bridgehead atoms. The van der Waals surface area contributed by atoms with E-state index >= 15 is 0 Å². The number of para-hydroxylation sites is 2. The molecule has 0 amide bonds. The summed E-state index contributed by atoms with van der Waals surface area (Å²) in [5, 5.41) is 9.10. The van der Waals surface area contributed by atoms with Crippen LogP contribution in [0.3, 0.4) is 0 Å². The van der Waals surface area contributed by atoms with Crippen LogP contribution in [0, 0.1) is 13.8 Å². The van der Waals surface area contributed by atoms with Crippen molar-refractivity contribution in [3.05, 3.63) is 53.1 Å². The van der Waals surface area contributed by atoms with Crippen molar-refractivity contribution >= 4 is 17.5 Å². The minimum Gasteiger partial charge on any atom is -0.486 e. The summed E-state index contributed by atoms with van der Waals surface area (Å²) < 4.78 is 16.0. The zero-order valence-corrected chi connectivity index (χ0v) is 18.5. The molecule has 1 atom stereocenters. The van der Waals surface area contributed by atoms with Gasteiger partial charge in [-0.3, -0.25) is 4.79 Å². The van der Waals surface area contributed by atoms with Crippen molar-refractivity contribution in [3.8, 4) is 11.5 Å². The van der Waals surface area contributed by atoms with Gasteiger partial charge >= 0.3 is 0 Å². The van der Waals surface area contributed by atoms with Crippen LogP contribution >= 0.6 is 11.8 Å². The standard InChI is InChI=1S/C22H26N4O3S/c1-5-21-23-24-22(25(21)4)30-13-18(27)17-10-14(2)26(15(17)3)11-16-12-28-19-8-6-7-9-20(19)29-16/h6-10,16H,5,11-13H2,1-4H3. The lowest BCUT2D eigenvalue weighted by Crippen LogP contribution is -2.33. The molecule has 0 saturated carbocycles. The molecule has 0 aliphatic carbocycles. The Morgan fingerprint density at radius 2 is 2.00 bits per heavy atom. The fourth-order valence-corrected chi connectivity index (χ4v) is 4.52. The fraction of sp³-hybridized carbons (Fsp3) is 0.409. The van der Waals surface area contributed by atoms with E-state index in [2.05, 4.69) is 14.8 Å². The molecule has 30 heavy (non-hydrogen) atoms. The summed E-state index contributed by atoms with van der Waals surface area (Å²) in [6.07, 6.45) is 0.712. The van der Waals surface area contributed by atoms with Gasteiger partial charge in [-0.1, -0.05) is 30.8 Å². The highest BCUT2D eigenvalue weighted by atomic mass is 32.2. The van der Waals surface area contributed by atoms with Crippen LogP contribution in [0.25, 0.3) is 0 Å². The molecule has 1 unspecified atom stereocenters. The van der Waals surface area contributed by atoms with Crippen LogP contribution in [-0.4, -0.2) is 43.6 Å². The van der Waals surface area contributed by atoms with Crippen LogP contribution in [0.15, 0.2) is 35.5 Å². The Morgan fingerprint density at radius 3 is 2.73 bits per heavy atom. The molecule has 2 aromatic heterocycles. The first-order chi connectivity index (χ1) is 14.5. The maximum atomic E-state index is 12.9. The molecule has 0 saturated heterocycles. The number of hydrogen-bond acceptors (Lipinski definition) is 6. The highest BCUT2D eigenvalue weighted by Crippen LogP contribution is 2.31. The van der Waals surface area contributed by atoms with E-state index in [0.29, 0.717) is 18.9 Å². The van der Waals surface area contributed by atoms with E-state index in [1.165, 1.54) is 11.8 Å². The molecule has 4 rings (SSSR count). The predicted octanol–water partition coefficient (Wildman–Crippen LogP) is 3.61. The molecule has 0 fully saturated rings. The molecule has 0 N–H and O–H groups in total. The highest BCUT2D eigenvalue weighted by molar-refractivity contribution is 7.99. The summed E-state index contributed by atoms with van der Waals surface area (Å²) in [5.74, 6) is 2.87. The Balaban J connectivity index is 1.44. The first-order valence-electron chi connectivity index (χ1n) is 10.1. The zero-order chi connectivity index (χ0) is 21.3. The van der Waals surface area contributed by atoms with Gasteiger partial charge in [0.2, 0.25) is 0 Å². The number of thioether (sulfide) groups is 1. The monoisotopic (exact) mass is 426 g/mol. The Kier molecular flexibility index (Phi) is 5.85. The Morgan fingerprint density at radius 1 is 1.23 bits per heavy atom. The van der Waals surface area contributed by atoms with Gasteiger partial charge in [0, 0.05) is 30.4 Å². The number of carbonyl (C=O) groups is 1. The summed E-state index contributed by atoms with van der Waals surface area (Å²) in [6, 6.07) is 9.66. The van der Waals surface area contributed by atoms with E-state index in [0.717, 1.165) is 45.9 Å². The van der Waals surface area contributed by atoms with E-state index in [1.807, 2.05) is 62.7 Å². The summed E-state index contributed by atoms with van der Waals surface area (Å²) in [6.45, 7) is 7.16. The van der Waals surface area contributed by atoms with E-state index in [9.17, 15) is 4.79 Å². The van der Waals surface area contributed by atoms with Gasteiger partial charge < -0.3 is 18.6 Å². The van der Waals surface area contributed by atoms with E-state index in [4.69, 9.17) is 9.47 Å². The minimum absolute atomic E-state index is 0.0894. The predicted molar refractivity (Wildman–Crippen MR) is 116 cm³/mol. The summed E-state index contributed by atoms with van der Waals surface area (Å²) in [5.41, 5.74) is 2.73. The normalized spacial score (nSPS) is 15.4. The van der Waals surface area contributed by atoms with Crippen LogP contribution in [-0.2, 0) is 20.0 Å². The molecule has 0 spiro atoms. The maximum Gasteiger partial charge on any atom is 0.191 e. The fourth-order valence-electron chi connectivity index (χ4n) is 3.71. The lowest BCUT2D eigenvalue weighted by atomic mass is 10.2. The molecule has 7 nitrogen and oxygen atoms in total. The first kappa shape index (κ1) is 20.5. The molecule has 158 valence electrons. The first-order valence-corrected chi connectivity index (χ1v) is 11.1. The van der Waals surface area contributed by atoms with Gasteiger partial charge in [-0.2, -0.15) is 0 Å².